The van der Waals surface area contributed by atoms with Crippen LogP contribution in [-0.2, 0) is 6.42 Å². The van der Waals surface area contributed by atoms with Crippen LogP contribution < -0.4 is 0 Å². The molecule has 2 aliphatic rings. The Morgan fingerprint density at radius 1 is 1.30 bits per heavy atom. The molecule has 0 saturated carbocycles. The number of hydrogen-bond acceptors (Lipinski definition) is 1. The van der Waals surface area contributed by atoms with E-state index in [0.717, 1.165) is 6.54 Å². The zero-order valence-corrected chi connectivity index (χ0v) is 12.7. The summed E-state index contributed by atoms with van der Waals surface area (Å²) in [6.07, 6.45) is 6.01. The van der Waals surface area contributed by atoms with Crippen molar-refractivity contribution in [3.05, 3.63) is 47.2 Å². The number of aromatic amines is 1. The average Bonchev–Trinajstić information content (AvgIpc) is 2.85. The molecule has 2 aromatic rings. The molecule has 4 rings (SSSR count). The van der Waals surface area contributed by atoms with Gasteiger partial charge in [0.25, 0.3) is 0 Å². The highest BCUT2D eigenvalue weighted by Crippen LogP contribution is 2.38. The molecule has 0 saturated heterocycles. The van der Waals surface area contributed by atoms with Crippen molar-refractivity contribution in [2.24, 2.45) is 0 Å². The molecule has 1 atom stereocenters. The predicted molar refractivity (Wildman–Crippen MR) is 86.6 cm³/mol. The summed E-state index contributed by atoms with van der Waals surface area (Å²) >= 11 is 0. The van der Waals surface area contributed by atoms with Crippen LogP contribution in [0.1, 0.15) is 37.1 Å². The van der Waals surface area contributed by atoms with Gasteiger partial charge in [-0.15, -0.1) is 12.4 Å². The highest BCUT2D eigenvalue weighted by Gasteiger charge is 2.31. The van der Waals surface area contributed by atoms with Crippen molar-refractivity contribution in [3.63, 3.8) is 0 Å². The van der Waals surface area contributed by atoms with Gasteiger partial charge in [-0.25, -0.2) is 0 Å². The molecule has 1 unspecified atom stereocenters. The molecule has 0 aliphatic carbocycles. The summed E-state index contributed by atoms with van der Waals surface area (Å²) in [5.41, 5.74) is 5.94. The molecule has 0 radical (unpaired) electrons. The lowest BCUT2D eigenvalue weighted by Crippen LogP contribution is -2.38. The number of fused-ring (bicyclic) bond motifs is 5. The number of H-pyrrole nitrogens is 1. The van der Waals surface area contributed by atoms with Gasteiger partial charge >= 0.3 is 0 Å². The van der Waals surface area contributed by atoms with E-state index in [1.54, 1.807) is 11.1 Å². The first kappa shape index (κ1) is 13.7. The maximum absolute atomic E-state index is 3.68. The van der Waals surface area contributed by atoms with Gasteiger partial charge in [0.2, 0.25) is 0 Å². The smallest absolute Gasteiger partial charge is 0.0539 e. The monoisotopic (exact) mass is 288 g/mol. The maximum Gasteiger partial charge on any atom is 0.0539 e. The molecule has 0 amide bonds. The lowest BCUT2D eigenvalue weighted by Gasteiger charge is -2.38. The quantitative estimate of drug-likeness (QED) is 0.778. The summed E-state index contributed by atoms with van der Waals surface area (Å²) < 4.78 is 0. The normalized spacial score (nSPS) is 21.9. The Morgan fingerprint density at radius 2 is 2.15 bits per heavy atom. The molecule has 1 N–H and O–H groups in total. The minimum Gasteiger partial charge on any atom is -0.357 e. The van der Waals surface area contributed by atoms with Gasteiger partial charge in [-0.1, -0.05) is 36.8 Å². The molecule has 2 aliphatic heterocycles. The van der Waals surface area contributed by atoms with Gasteiger partial charge < -0.3 is 4.98 Å². The first-order valence-corrected chi connectivity index (χ1v) is 7.38. The fourth-order valence-electron chi connectivity index (χ4n) is 3.68. The largest absolute Gasteiger partial charge is 0.357 e. The molecule has 1 aromatic heterocycles. The van der Waals surface area contributed by atoms with Crippen LogP contribution in [0.4, 0.5) is 0 Å². The van der Waals surface area contributed by atoms with E-state index < -0.39 is 0 Å². The van der Waals surface area contributed by atoms with Crippen LogP contribution in [0.2, 0.25) is 0 Å². The Labute approximate surface area is 126 Å². The third kappa shape index (κ3) is 1.99. The number of rotatable bonds is 1. The van der Waals surface area contributed by atoms with E-state index in [-0.39, 0.29) is 12.4 Å². The second-order valence-corrected chi connectivity index (χ2v) is 5.75. The van der Waals surface area contributed by atoms with Crippen LogP contribution in [0.5, 0.6) is 0 Å². The fourth-order valence-corrected chi connectivity index (χ4v) is 3.68. The van der Waals surface area contributed by atoms with Crippen LogP contribution >= 0.6 is 12.4 Å². The van der Waals surface area contributed by atoms with E-state index in [4.69, 9.17) is 0 Å². The molecule has 1 aromatic carbocycles. The highest BCUT2D eigenvalue weighted by molar-refractivity contribution is 5.85. The van der Waals surface area contributed by atoms with E-state index in [2.05, 4.69) is 47.1 Å². The minimum absolute atomic E-state index is 0. The number of nitrogens with zero attached hydrogens (tertiary/aromatic N) is 1. The van der Waals surface area contributed by atoms with Crippen molar-refractivity contribution in [2.45, 2.75) is 32.2 Å². The predicted octanol–water partition coefficient (Wildman–Crippen LogP) is 4.23. The van der Waals surface area contributed by atoms with Gasteiger partial charge in [-0.05, 0) is 30.9 Å². The molecular weight excluding hydrogens is 268 g/mol. The van der Waals surface area contributed by atoms with Crippen molar-refractivity contribution in [3.8, 4) is 0 Å². The van der Waals surface area contributed by atoms with Gasteiger partial charge in [0.1, 0.15) is 0 Å². The summed E-state index contributed by atoms with van der Waals surface area (Å²) in [4.78, 5) is 6.33. The van der Waals surface area contributed by atoms with Crippen LogP contribution in [0, 0.1) is 0 Å². The molecule has 0 spiro atoms. The molecule has 20 heavy (non-hydrogen) atoms. The van der Waals surface area contributed by atoms with Crippen LogP contribution in [0.3, 0.4) is 0 Å². The van der Waals surface area contributed by atoms with Gasteiger partial charge in [0, 0.05) is 29.7 Å². The van der Waals surface area contributed by atoms with Crippen molar-refractivity contribution in [1.29, 1.82) is 0 Å². The van der Waals surface area contributed by atoms with Gasteiger partial charge in [-0.3, -0.25) is 4.90 Å². The number of para-hydroxylation sites is 1. The summed E-state index contributed by atoms with van der Waals surface area (Å²) in [7, 11) is 0. The maximum atomic E-state index is 3.68. The zero-order chi connectivity index (χ0) is 12.8. The third-order valence-corrected chi connectivity index (χ3v) is 4.76. The second-order valence-electron chi connectivity index (χ2n) is 5.75. The van der Waals surface area contributed by atoms with E-state index >= 15 is 0 Å². The molecular formula is C17H21ClN2. The number of hydrogen-bond donors (Lipinski definition) is 1. The van der Waals surface area contributed by atoms with Crippen molar-refractivity contribution < 1.29 is 0 Å². The van der Waals surface area contributed by atoms with Crippen molar-refractivity contribution >= 4 is 23.3 Å². The van der Waals surface area contributed by atoms with Crippen LogP contribution in [-0.4, -0.2) is 23.0 Å². The Kier molecular flexibility index (Phi) is 3.61. The minimum atomic E-state index is 0. The average molecular weight is 289 g/mol. The Balaban J connectivity index is 0.00000121. The molecule has 3 heteroatoms. The lowest BCUT2D eigenvalue weighted by atomic mass is 9.91. The van der Waals surface area contributed by atoms with Crippen molar-refractivity contribution in [2.75, 3.05) is 13.1 Å². The molecule has 2 nitrogen and oxygen atoms in total. The fraction of sp³-hybridized carbons (Fsp3) is 0.412. The third-order valence-electron chi connectivity index (χ3n) is 4.76. The number of benzene rings is 1. The van der Waals surface area contributed by atoms with Gasteiger partial charge in [-0.2, -0.15) is 0 Å². The molecule has 0 fully saturated rings. The standard InChI is InChI=1S/C17H20N2.ClH/c1-2-12-7-8-16-17-14(9-10-19(16)11-12)13-5-3-4-6-15(13)18-17;/h3-7,16,18H,2,8-11H2,1H3;1H. The highest BCUT2D eigenvalue weighted by atomic mass is 35.5. The van der Waals surface area contributed by atoms with E-state index in [9.17, 15) is 0 Å². The van der Waals surface area contributed by atoms with E-state index in [1.807, 2.05) is 0 Å². The van der Waals surface area contributed by atoms with E-state index in [1.165, 1.54) is 42.4 Å². The second kappa shape index (κ2) is 5.27. The zero-order valence-electron chi connectivity index (χ0n) is 11.9. The molecule has 106 valence electrons. The SMILES string of the molecule is CCC1=CCC2c3[nH]c4ccccc4c3CCN2C1.Cl. The molecule has 3 heterocycles. The summed E-state index contributed by atoms with van der Waals surface area (Å²) in [6, 6.07) is 9.31. The van der Waals surface area contributed by atoms with Crippen LogP contribution in [0.25, 0.3) is 10.9 Å². The van der Waals surface area contributed by atoms with E-state index in [0.29, 0.717) is 6.04 Å². The Morgan fingerprint density at radius 3 is 3.00 bits per heavy atom. The topological polar surface area (TPSA) is 19.0 Å². The summed E-state index contributed by atoms with van der Waals surface area (Å²) in [5.74, 6) is 0. The number of aromatic nitrogens is 1. The van der Waals surface area contributed by atoms with Gasteiger partial charge in [0.05, 0.1) is 6.04 Å². The van der Waals surface area contributed by atoms with Crippen molar-refractivity contribution in [1.82, 2.24) is 9.88 Å². The summed E-state index contributed by atoms with van der Waals surface area (Å²) in [5, 5.41) is 1.43. The Hall–Kier alpha value is -1.25. The lowest BCUT2D eigenvalue weighted by molar-refractivity contribution is 0.187. The number of halogens is 1. The first-order chi connectivity index (χ1) is 9.36. The first-order valence-electron chi connectivity index (χ1n) is 7.38. The molecule has 0 bridgehead atoms. The van der Waals surface area contributed by atoms with Gasteiger partial charge in [0.15, 0.2) is 0 Å². The number of nitrogens with one attached hydrogen (secondary N) is 1. The Bertz CT molecular complexity index is 656. The van der Waals surface area contributed by atoms with Crippen LogP contribution in [0.15, 0.2) is 35.9 Å². The summed E-state index contributed by atoms with van der Waals surface area (Å²) in [6.45, 7) is 4.64.